The van der Waals surface area contributed by atoms with Gasteiger partial charge < -0.3 is 10.0 Å². The van der Waals surface area contributed by atoms with Crippen molar-refractivity contribution in [1.82, 2.24) is 10.2 Å². The third-order valence-corrected chi connectivity index (χ3v) is 4.02. The van der Waals surface area contributed by atoms with Crippen molar-refractivity contribution >= 4 is 17.4 Å². The van der Waals surface area contributed by atoms with E-state index >= 15 is 0 Å². The van der Waals surface area contributed by atoms with Gasteiger partial charge in [-0.3, -0.25) is 0 Å². The molecule has 3 rings (SSSR count). The zero-order valence-electron chi connectivity index (χ0n) is 10.0. The molecule has 1 unspecified atom stereocenters. The van der Waals surface area contributed by atoms with Crippen molar-refractivity contribution in [2.75, 3.05) is 11.4 Å². The summed E-state index contributed by atoms with van der Waals surface area (Å²) in [5.74, 6) is 1.38. The van der Waals surface area contributed by atoms with Gasteiger partial charge in [0.2, 0.25) is 0 Å². The fraction of sp³-hybridized carbons (Fsp3) is 0.667. The number of rotatable bonds is 1. The Balaban J connectivity index is 1.87. The highest BCUT2D eigenvalue weighted by Crippen LogP contribution is 2.43. The van der Waals surface area contributed by atoms with Gasteiger partial charge in [0.25, 0.3) is 0 Å². The lowest BCUT2D eigenvalue weighted by Gasteiger charge is -2.46. The first-order valence-electron chi connectivity index (χ1n) is 5.98. The van der Waals surface area contributed by atoms with E-state index in [9.17, 15) is 5.11 Å². The lowest BCUT2D eigenvalue weighted by atomic mass is 9.76. The Morgan fingerprint density at radius 2 is 2.18 bits per heavy atom. The molecule has 92 valence electrons. The highest BCUT2D eigenvalue weighted by molar-refractivity contribution is 6.29. The second-order valence-electron chi connectivity index (χ2n) is 5.56. The molecule has 0 saturated heterocycles. The second-order valence-corrected chi connectivity index (χ2v) is 5.95. The molecule has 1 aromatic heterocycles. The van der Waals surface area contributed by atoms with E-state index < -0.39 is 5.60 Å². The maximum absolute atomic E-state index is 9.82. The zero-order valence-corrected chi connectivity index (χ0v) is 10.8. The van der Waals surface area contributed by atoms with Gasteiger partial charge in [0.05, 0.1) is 5.60 Å². The average Bonchev–Trinajstić information content (AvgIpc) is 2.52. The molecule has 1 fully saturated rings. The van der Waals surface area contributed by atoms with Crippen molar-refractivity contribution < 1.29 is 5.11 Å². The van der Waals surface area contributed by atoms with Crippen molar-refractivity contribution in [1.29, 1.82) is 0 Å². The Morgan fingerprint density at radius 3 is 2.82 bits per heavy atom. The van der Waals surface area contributed by atoms with Crippen LogP contribution in [0.25, 0.3) is 0 Å². The number of hydrogen-bond acceptors (Lipinski definition) is 4. The lowest BCUT2D eigenvalue weighted by Crippen LogP contribution is -2.53. The minimum atomic E-state index is -0.503. The van der Waals surface area contributed by atoms with Crippen molar-refractivity contribution in [3.63, 3.8) is 0 Å². The van der Waals surface area contributed by atoms with Crippen molar-refractivity contribution in [3.8, 4) is 0 Å². The summed E-state index contributed by atoms with van der Waals surface area (Å²) in [6, 6.07) is 2.30. The van der Waals surface area contributed by atoms with Crippen molar-refractivity contribution in [3.05, 3.63) is 16.8 Å². The van der Waals surface area contributed by atoms with Gasteiger partial charge in [-0.2, -0.15) is 0 Å². The molecular weight excluding hydrogens is 238 g/mol. The topological polar surface area (TPSA) is 49.2 Å². The number of nitrogens with zero attached hydrogens (tertiary/aromatic N) is 3. The van der Waals surface area contributed by atoms with Crippen LogP contribution in [0.3, 0.4) is 0 Å². The van der Waals surface area contributed by atoms with Crippen LogP contribution < -0.4 is 4.90 Å². The normalized spacial score (nSPS) is 35.6. The van der Waals surface area contributed by atoms with E-state index in [0.29, 0.717) is 17.1 Å². The molecule has 0 spiro atoms. The maximum atomic E-state index is 9.82. The number of fused-ring (bicyclic) bond motifs is 1. The Bertz CT molecular complexity index is 455. The molecule has 0 amide bonds. The molecule has 1 aliphatic carbocycles. The zero-order chi connectivity index (χ0) is 12.2. The molecule has 1 atom stereocenters. The number of aromatic nitrogens is 2. The van der Waals surface area contributed by atoms with Gasteiger partial charge in [0.1, 0.15) is 0 Å². The summed E-state index contributed by atoms with van der Waals surface area (Å²) in [6.45, 7) is 5.01. The van der Waals surface area contributed by atoms with Gasteiger partial charge >= 0.3 is 0 Å². The molecule has 2 heterocycles. The smallest absolute Gasteiger partial charge is 0.155 e. The fourth-order valence-electron chi connectivity index (χ4n) is 2.94. The van der Waals surface area contributed by atoms with E-state index in [1.165, 1.54) is 5.56 Å². The molecule has 0 bridgehead atoms. The third-order valence-electron chi connectivity index (χ3n) is 3.84. The largest absolute Gasteiger partial charge is 0.390 e. The van der Waals surface area contributed by atoms with Gasteiger partial charge in [-0.05, 0) is 25.8 Å². The van der Waals surface area contributed by atoms with Crippen LogP contribution in [0.2, 0.25) is 5.15 Å². The van der Waals surface area contributed by atoms with Gasteiger partial charge in [-0.15, -0.1) is 10.2 Å². The third kappa shape index (κ3) is 1.79. The van der Waals surface area contributed by atoms with Crippen LogP contribution in [0.5, 0.6) is 0 Å². The first kappa shape index (κ1) is 11.2. The number of halogens is 1. The summed E-state index contributed by atoms with van der Waals surface area (Å²) >= 11 is 5.88. The molecule has 1 N–H and O–H groups in total. The predicted molar refractivity (Wildman–Crippen MR) is 66.4 cm³/mol. The predicted octanol–water partition coefficient (Wildman–Crippen LogP) is 1.97. The average molecular weight is 254 g/mol. The molecule has 2 aliphatic rings. The summed E-state index contributed by atoms with van der Waals surface area (Å²) in [5.41, 5.74) is 0.674. The molecule has 17 heavy (non-hydrogen) atoms. The SMILES string of the molecule is CC1CN(C2CC(C)(O)C2)c2nnc(Cl)cc21. The molecule has 5 heteroatoms. The Kier molecular flexibility index (Phi) is 2.35. The number of aliphatic hydroxyl groups is 1. The van der Waals surface area contributed by atoms with Crippen molar-refractivity contribution in [2.24, 2.45) is 0 Å². The van der Waals surface area contributed by atoms with E-state index in [4.69, 9.17) is 11.6 Å². The van der Waals surface area contributed by atoms with E-state index in [0.717, 1.165) is 25.2 Å². The van der Waals surface area contributed by atoms with Gasteiger partial charge in [0.15, 0.2) is 11.0 Å². The minimum absolute atomic E-state index is 0.393. The highest BCUT2D eigenvalue weighted by Gasteiger charge is 2.45. The molecule has 1 saturated carbocycles. The van der Waals surface area contributed by atoms with E-state index in [1.807, 2.05) is 13.0 Å². The first-order chi connectivity index (χ1) is 7.96. The second kappa shape index (κ2) is 3.56. The van der Waals surface area contributed by atoms with E-state index in [2.05, 4.69) is 22.0 Å². The standard InChI is InChI=1S/C12H16ClN3O/c1-7-6-16(8-4-12(2,17)5-8)11-9(7)3-10(13)14-15-11/h3,7-8,17H,4-6H2,1-2H3. The quantitative estimate of drug-likeness (QED) is 0.831. The lowest BCUT2D eigenvalue weighted by molar-refractivity contribution is -0.0308. The van der Waals surface area contributed by atoms with E-state index in [-0.39, 0.29) is 0 Å². The first-order valence-corrected chi connectivity index (χ1v) is 6.36. The van der Waals surface area contributed by atoms with Crippen LogP contribution in [0.1, 0.15) is 38.2 Å². The molecule has 0 aromatic carbocycles. The number of anilines is 1. The highest BCUT2D eigenvalue weighted by atomic mass is 35.5. The molecule has 0 radical (unpaired) electrons. The van der Waals surface area contributed by atoms with Crippen molar-refractivity contribution in [2.45, 2.75) is 44.2 Å². The molecular formula is C12H16ClN3O. The van der Waals surface area contributed by atoms with Crippen LogP contribution in [-0.2, 0) is 0 Å². The maximum Gasteiger partial charge on any atom is 0.155 e. The Hall–Kier alpha value is -0.870. The summed E-state index contributed by atoms with van der Waals surface area (Å²) in [6.07, 6.45) is 1.62. The summed E-state index contributed by atoms with van der Waals surface area (Å²) < 4.78 is 0. The monoisotopic (exact) mass is 253 g/mol. The van der Waals surface area contributed by atoms with Crippen LogP contribution in [-0.4, -0.2) is 33.5 Å². The summed E-state index contributed by atoms with van der Waals surface area (Å²) in [7, 11) is 0. The van der Waals surface area contributed by atoms with Crippen LogP contribution in [0, 0.1) is 0 Å². The van der Waals surface area contributed by atoms with Gasteiger partial charge in [-0.25, -0.2) is 0 Å². The fourth-order valence-corrected chi connectivity index (χ4v) is 3.09. The van der Waals surface area contributed by atoms with Gasteiger partial charge in [0, 0.05) is 24.1 Å². The Morgan fingerprint density at radius 1 is 1.47 bits per heavy atom. The minimum Gasteiger partial charge on any atom is -0.390 e. The molecule has 1 aromatic rings. The summed E-state index contributed by atoms with van der Waals surface area (Å²) in [5, 5.41) is 18.4. The summed E-state index contributed by atoms with van der Waals surface area (Å²) in [4.78, 5) is 2.27. The van der Waals surface area contributed by atoms with Crippen LogP contribution in [0.4, 0.5) is 5.82 Å². The molecule has 1 aliphatic heterocycles. The van der Waals surface area contributed by atoms with Crippen LogP contribution >= 0.6 is 11.6 Å². The van der Waals surface area contributed by atoms with Crippen LogP contribution in [0.15, 0.2) is 6.07 Å². The molecule has 4 nitrogen and oxygen atoms in total. The number of hydrogen-bond donors (Lipinski definition) is 1. The van der Waals surface area contributed by atoms with Gasteiger partial charge in [-0.1, -0.05) is 18.5 Å². The Labute approximate surface area is 106 Å². The van der Waals surface area contributed by atoms with E-state index in [1.54, 1.807) is 0 Å².